The number of nitrogen functional groups attached to an aromatic ring is 1. The number of nitrogens with zero attached hydrogens (tertiary/aromatic N) is 2. The van der Waals surface area contributed by atoms with Crippen LogP contribution in [0.5, 0.6) is 10.9 Å². The summed E-state index contributed by atoms with van der Waals surface area (Å²) in [6.45, 7) is 0. The minimum atomic E-state index is 0.564. The molecular formula is C11H11N3OS. The van der Waals surface area contributed by atoms with Crippen molar-refractivity contribution in [1.82, 2.24) is 9.36 Å². The third-order valence-electron chi connectivity index (χ3n) is 2.43. The van der Waals surface area contributed by atoms with E-state index in [4.69, 9.17) is 10.5 Å². The summed E-state index contributed by atoms with van der Waals surface area (Å²) in [5.74, 6) is 2.19. The van der Waals surface area contributed by atoms with E-state index in [1.54, 1.807) is 6.07 Å². The minimum absolute atomic E-state index is 0.564. The van der Waals surface area contributed by atoms with Crippen molar-refractivity contribution >= 4 is 17.2 Å². The fourth-order valence-electron chi connectivity index (χ4n) is 1.45. The molecule has 4 nitrogen and oxygen atoms in total. The summed E-state index contributed by atoms with van der Waals surface area (Å²) in [4.78, 5) is 4.34. The van der Waals surface area contributed by atoms with E-state index < -0.39 is 0 Å². The number of benzene rings is 1. The van der Waals surface area contributed by atoms with E-state index in [-0.39, 0.29) is 0 Å². The Kier molecular flexibility index (Phi) is 2.25. The molecule has 82 valence electrons. The van der Waals surface area contributed by atoms with Crippen molar-refractivity contribution in [3.8, 4) is 10.9 Å². The highest BCUT2D eigenvalue weighted by Crippen LogP contribution is 2.40. The number of hydrogen-bond donors (Lipinski definition) is 1. The van der Waals surface area contributed by atoms with Crippen LogP contribution in [0.2, 0.25) is 0 Å². The fourth-order valence-corrected chi connectivity index (χ4v) is 2.08. The van der Waals surface area contributed by atoms with Crippen molar-refractivity contribution < 1.29 is 4.74 Å². The summed E-state index contributed by atoms with van der Waals surface area (Å²) < 4.78 is 9.85. The van der Waals surface area contributed by atoms with Crippen LogP contribution in [0.25, 0.3) is 0 Å². The standard InChI is InChI=1S/C11H11N3OS/c12-8-2-1-3-9(6-8)15-11-13-10(14-16-11)7-4-5-7/h1-3,6-7H,4-5,12H2. The van der Waals surface area contributed by atoms with Gasteiger partial charge in [-0.15, -0.1) is 0 Å². The maximum absolute atomic E-state index is 5.66. The van der Waals surface area contributed by atoms with Gasteiger partial charge in [0.2, 0.25) is 0 Å². The zero-order chi connectivity index (χ0) is 11.0. The number of aromatic nitrogens is 2. The van der Waals surface area contributed by atoms with Gasteiger partial charge in [0, 0.05) is 29.2 Å². The van der Waals surface area contributed by atoms with Gasteiger partial charge in [-0.05, 0) is 25.0 Å². The van der Waals surface area contributed by atoms with Crippen LogP contribution < -0.4 is 10.5 Å². The van der Waals surface area contributed by atoms with E-state index in [0.29, 0.717) is 22.5 Å². The first kappa shape index (κ1) is 9.59. The average molecular weight is 233 g/mol. The summed E-state index contributed by atoms with van der Waals surface area (Å²) >= 11 is 1.29. The van der Waals surface area contributed by atoms with Crippen LogP contribution in [-0.2, 0) is 0 Å². The minimum Gasteiger partial charge on any atom is -0.430 e. The number of ether oxygens (including phenoxy) is 1. The van der Waals surface area contributed by atoms with Gasteiger partial charge in [0.05, 0.1) is 0 Å². The molecule has 1 aromatic heterocycles. The predicted molar refractivity (Wildman–Crippen MR) is 62.8 cm³/mol. The molecule has 0 bridgehead atoms. The number of hydrogen-bond acceptors (Lipinski definition) is 5. The Morgan fingerprint density at radius 3 is 3.00 bits per heavy atom. The quantitative estimate of drug-likeness (QED) is 0.828. The molecule has 1 aromatic carbocycles. The molecule has 1 aliphatic rings. The molecule has 0 atom stereocenters. The Morgan fingerprint density at radius 1 is 1.38 bits per heavy atom. The van der Waals surface area contributed by atoms with Gasteiger partial charge < -0.3 is 10.5 Å². The lowest BCUT2D eigenvalue weighted by molar-refractivity contribution is 0.477. The van der Waals surface area contributed by atoms with E-state index >= 15 is 0 Å². The first-order valence-electron chi connectivity index (χ1n) is 5.18. The lowest BCUT2D eigenvalue weighted by atomic mass is 10.3. The lowest BCUT2D eigenvalue weighted by Crippen LogP contribution is -1.87. The van der Waals surface area contributed by atoms with Gasteiger partial charge in [-0.3, -0.25) is 0 Å². The van der Waals surface area contributed by atoms with Crippen LogP contribution in [-0.4, -0.2) is 9.36 Å². The largest absolute Gasteiger partial charge is 0.430 e. The SMILES string of the molecule is Nc1cccc(Oc2nc(C3CC3)ns2)c1. The predicted octanol–water partition coefficient (Wildman–Crippen LogP) is 2.79. The van der Waals surface area contributed by atoms with Gasteiger partial charge >= 0.3 is 0 Å². The van der Waals surface area contributed by atoms with E-state index in [0.717, 1.165) is 5.82 Å². The molecule has 1 saturated carbocycles. The van der Waals surface area contributed by atoms with Crippen molar-refractivity contribution in [1.29, 1.82) is 0 Å². The fraction of sp³-hybridized carbons (Fsp3) is 0.273. The molecule has 0 amide bonds. The van der Waals surface area contributed by atoms with E-state index in [1.807, 2.05) is 18.2 Å². The van der Waals surface area contributed by atoms with Gasteiger partial charge in [0.1, 0.15) is 11.6 Å². The van der Waals surface area contributed by atoms with Gasteiger partial charge in [-0.1, -0.05) is 6.07 Å². The first-order valence-corrected chi connectivity index (χ1v) is 5.95. The Balaban J connectivity index is 1.77. The van der Waals surface area contributed by atoms with Crippen molar-refractivity contribution in [2.24, 2.45) is 0 Å². The van der Waals surface area contributed by atoms with Crippen LogP contribution >= 0.6 is 11.5 Å². The van der Waals surface area contributed by atoms with Gasteiger partial charge in [0.15, 0.2) is 0 Å². The van der Waals surface area contributed by atoms with Crippen LogP contribution in [0.3, 0.4) is 0 Å². The zero-order valence-electron chi connectivity index (χ0n) is 8.59. The second-order valence-corrected chi connectivity index (χ2v) is 4.58. The molecule has 1 heterocycles. The average Bonchev–Trinajstić information content (AvgIpc) is 3.01. The highest BCUT2D eigenvalue weighted by atomic mass is 32.1. The summed E-state index contributed by atoms with van der Waals surface area (Å²) in [6.07, 6.45) is 2.41. The van der Waals surface area contributed by atoms with Crippen molar-refractivity contribution in [2.75, 3.05) is 5.73 Å². The Bertz CT molecular complexity index is 507. The molecular weight excluding hydrogens is 222 g/mol. The monoisotopic (exact) mass is 233 g/mol. The third-order valence-corrected chi connectivity index (χ3v) is 3.04. The molecule has 0 aliphatic heterocycles. The van der Waals surface area contributed by atoms with E-state index in [1.165, 1.54) is 24.4 Å². The highest BCUT2D eigenvalue weighted by molar-refractivity contribution is 7.07. The molecule has 0 spiro atoms. The highest BCUT2D eigenvalue weighted by Gasteiger charge is 2.28. The summed E-state index contributed by atoms with van der Waals surface area (Å²) in [7, 11) is 0. The molecule has 1 fully saturated rings. The molecule has 0 unspecified atom stereocenters. The molecule has 5 heteroatoms. The molecule has 2 N–H and O–H groups in total. The Labute approximate surface area is 97.3 Å². The molecule has 2 aromatic rings. The Morgan fingerprint density at radius 2 is 2.25 bits per heavy atom. The topological polar surface area (TPSA) is 61.0 Å². The van der Waals surface area contributed by atoms with Gasteiger partial charge in [0.25, 0.3) is 5.19 Å². The van der Waals surface area contributed by atoms with Crippen LogP contribution in [0.4, 0.5) is 5.69 Å². The number of nitrogens with two attached hydrogens (primary N) is 1. The molecule has 1 aliphatic carbocycles. The smallest absolute Gasteiger partial charge is 0.298 e. The van der Waals surface area contributed by atoms with Gasteiger partial charge in [-0.25, -0.2) is 0 Å². The van der Waals surface area contributed by atoms with Crippen LogP contribution in [0, 0.1) is 0 Å². The maximum atomic E-state index is 5.66. The van der Waals surface area contributed by atoms with Gasteiger partial charge in [-0.2, -0.15) is 9.36 Å². The summed E-state index contributed by atoms with van der Waals surface area (Å²) in [6, 6.07) is 7.31. The summed E-state index contributed by atoms with van der Waals surface area (Å²) in [5, 5.41) is 0.590. The van der Waals surface area contributed by atoms with Crippen molar-refractivity contribution in [2.45, 2.75) is 18.8 Å². The number of anilines is 1. The molecule has 3 rings (SSSR count). The number of rotatable bonds is 3. The molecule has 16 heavy (non-hydrogen) atoms. The van der Waals surface area contributed by atoms with Crippen LogP contribution in [0.15, 0.2) is 24.3 Å². The third kappa shape index (κ3) is 1.99. The van der Waals surface area contributed by atoms with E-state index in [9.17, 15) is 0 Å². The molecule has 0 saturated heterocycles. The normalized spacial score (nSPS) is 15.0. The maximum Gasteiger partial charge on any atom is 0.298 e. The molecule has 0 radical (unpaired) electrons. The lowest BCUT2D eigenvalue weighted by Gasteiger charge is -2.00. The second-order valence-electron chi connectivity index (χ2n) is 3.87. The zero-order valence-corrected chi connectivity index (χ0v) is 9.41. The summed E-state index contributed by atoms with van der Waals surface area (Å²) in [5.41, 5.74) is 6.35. The second kappa shape index (κ2) is 3.75. The van der Waals surface area contributed by atoms with E-state index in [2.05, 4.69) is 9.36 Å². The Hall–Kier alpha value is -1.62. The van der Waals surface area contributed by atoms with Crippen molar-refractivity contribution in [3.63, 3.8) is 0 Å². The van der Waals surface area contributed by atoms with Crippen molar-refractivity contribution in [3.05, 3.63) is 30.1 Å². The van der Waals surface area contributed by atoms with Crippen LogP contribution in [0.1, 0.15) is 24.6 Å². The first-order chi connectivity index (χ1) is 7.81.